The Hall–Kier alpha value is -1.05. The van der Waals surface area contributed by atoms with E-state index in [0.29, 0.717) is 28.7 Å². The van der Waals surface area contributed by atoms with Crippen LogP contribution in [0.5, 0.6) is 0 Å². The molecule has 0 radical (unpaired) electrons. The summed E-state index contributed by atoms with van der Waals surface area (Å²) in [5.74, 6) is -0.559. The third kappa shape index (κ3) is 5.72. The Labute approximate surface area is 163 Å². The van der Waals surface area contributed by atoms with Gasteiger partial charge in [0.15, 0.2) is 0 Å². The van der Waals surface area contributed by atoms with Crippen molar-refractivity contribution in [1.29, 1.82) is 0 Å². The average molecular weight is 411 g/mol. The lowest BCUT2D eigenvalue weighted by Crippen LogP contribution is -2.55. The van der Waals surface area contributed by atoms with Gasteiger partial charge in [0.25, 0.3) is 0 Å². The van der Waals surface area contributed by atoms with Gasteiger partial charge in [0.05, 0.1) is 17.3 Å². The van der Waals surface area contributed by atoms with Gasteiger partial charge in [-0.3, -0.25) is 9.59 Å². The van der Waals surface area contributed by atoms with Crippen molar-refractivity contribution in [2.24, 2.45) is 5.73 Å². The molecule has 1 aromatic carbocycles. The Morgan fingerprint density at radius 3 is 2.76 bits per heavy atom. The summed E-state index contributed by atoms with van der Waals surface area (Å²) in [6.45, 7) is 0.620. The fraction of sp³-hybridized carbons (Fsp3) is 0.500. The van der Waals surface area contributed by atoms with E-state index in [1.165, 1.54) is 12.0 Å². The topological polar surface area (TPSA) is 84.7 Å². The van der Waals surface area contributed by atoms with Crippen molar-refractivity contribution in [1.82, 2.24) is 4.90 Å². The van der Waals surface area contributed by atoms with E-state index in [1.807, 2.05) is 0 Å². The molecule has 2 unspecified atom stereocenters. The number of piperidine rings is 1. The summed E-state index contributed by atoms with van der Waals surface area (Å²) in [5.41, 5.74) is 6.29. The van der Waals surface area contributed by atoms with Crippen LogP contribution in [0.1, 0.15) is 19.3 Å². The molecule has 0 aliphatic carbocycles. The molecular weight excluding hydrogens is 389 g/mol. The summed E-state index contributed by atoms with van der Waals surface area (Å²) in [7, 11) is 1.48. The number of nitrogens with one attached hydrogen (secondary N) is 1. The van der Waals surface area contributed by atoms with E-state index in [9.17, 15) is 9.59 Å². The summed E-state index contributed by atoms with van der Waals surface area (Å²) >= 11 is 11.9. The number of amides is 2. The molecule has 6 nitrogen and oxygen atoms in total. The second-order valence-corrected chi connectivity index (χ2v) is 6.56. The highest BCUT2D eigenvalue weighted by molar-refractivity contribution is 6.36. The molecule has 9 heteroatoms. The van der Waals surface area contributed by atoms with E-state index >= 15 is 0 Å². The van der Waals surface area contributed by atoms with Gasteiger partial charge in [-0.05, 0) is 37.5 Å². The monoisotopic (exact) mass is 409 g/mol. The van der Waals surface area contributed by atoms with Crippen LogP contribution in [0.2, 0.25) is 10.0 Å². The first-order valence-corrected chi connectivity index (χ1v) is 8.50. The summed E-state index contributed by atoms with van der Waals surface area (Å²) in [6, 6.07) is 3.48. The molecule has 0 saturated carbocycles. The van der Waals surface area contributed by atoms with E-state index in [-0.39, 0.29) is 30.8 Å². The zero-order valence-electron chi connectivity index (χ0n) is 13.8. The van der Waals surface area contributed by atoms with Gasteiger partial charge < -0.3 is 20.7 Å². The van der Waals surface area contributed by atoms with Crippen LogP contribution in [0.3, 0.4) is 0 Å². The summed E-state index contributed by atoms with van der Waals surface area (Å²) in [5, 5.41) is 3.60. The van der Waals surface area contributed by atoms with Gasteiger partial charge >= 0.3 is 0 Å². The highest BCUT2D eigenvalue weighted by atomic mass is 35.5. The zero-order valence-corrected chi connectivity index (χ0v) is 16.2. The Morgan fingerprint density at radius 1 is 1.40 bits per heavy atom. The molecule has 0 aromatic heterocycles. The van der Waals surface area contributed by atoms with Gasteiger partial charge in [-0.15, -0.1) is 12.4 Å². The Kier molecular flexibility index (Phi) is 8.96. The molecule has 1 saturated heterocycles. The average Bonchev–Trinajstić information content (AvgIpc) is 2.57. The predicted octanol–water partition coefficient (Wildman–Crippen LogP) is 2.71. The van der Waals surface area contributed by atoms with Crippen molar-refractivity contribution in [2.45, 2.75) is 31.3 Å². The van der Waals surface area contributed by atoms with Crippen LogP contribution in [0.4, 0.5) is 5.69 Å². The number of benzene rings is 1. The second kappa shape index (κ2) is 10.2. The number of carbonyl (C=O) groups excluding carboxylic acids is 2. The fourth-order valence-corrected chi connectivity index (χ4v) is 3.19. The van der Waals surface area contributed by atoms with Crippen LogP contribution in [0, 0.1) is 0 Å². The third-order valence-corrected chi connectivity index (χ3v) is 4.49. The first-order chi connectivity index (χ1) is 11.4. The van der Waals surface area contributed by atoms with E-state index in [2.05, 4.69) is 5.32 Å². The number of nitrogens with zero attached hydrogens (tertiary/aromatic N) is 1. The lowest BCUT2D eigenvalue weighted by atomic mass is 10.00. The van der Waals surface area contributed by atoms with Crippen LogP contribution >= 0.6 is 35.6 Å². The molecule has 1 heterocycles. The number of nitrogens with two attached hydrogens (primary N) is 1. The molecular formula is C16H22Cl3N3O3. The maximum absolute atomic E-state index is 12.6. The van der Waals surface area contributed by atoms with E-state index in [0.717, 1.165) is 12.8 Å². The Bertz CT molecular complexity index is 616. The molecule has 3 N–H and O–H groups in total. The minimum absolute atomic E-state index is 0. The number of halogens is 3. The van der Waals surface area contributed by atoms with Crippen LogP contribution < -0.4 is 11.1 Å². The second-order valence-electron chi connectivity index (χ2n) is 5.72. The van der Waals surface area contributed by atoms with Crippen LogP contribution in [0.15, 0.2) is 18.2 Å². The molecule has 0 spiro atoms. The van der Waals surface area contributed by atoms with Crippen LogP contribution in [-0.2, 0) is 14.3 Å². The Balaban J connectivity index is 0.00000312. The van der Waals surface area contributed by atoms with Crippen molar-refractivity contribution in [3.05, 3.63) is 28.2 Å². The molecule has 1 aromatic rings. The van der Waals surface area contributed by atoms with Crippen LogP contribution in [0.25, 0.3) is 0 Å². The number of carbonyl (C=O) groups is 2. The van der Waals surface area contributed by atoms with E-state index in [4.69, 9.17) is 33.7 Å². The minimum Gasteiger partial charge on any atom is -0.383 e. The van der Waals surface area contributed by atoms with Gasteiger partial charge in [-0.1, -0.05) is 23.2 Å². The quantitative estimate of drug-likeness (QED) is 0.781. The van der Waals surface area contributed by atoms with Gasteiger partial charge in [0.1, 0.15) is 12.1 Å². The van der Waals surface area contributed by atoms with Crippen molar-refractivity contribution >= 4 is 53.1 Å². The molecule has 1 fully saturated rings. The predicted molar refractivity (Wildman–Crippen MR) is 102 cm³/mol. The highest BCUT2D eigenvalue weighted by Gasteiger charge is 2.34. The van der Waals surface area contributed by atoms with Gasteiger partial charge in [0, 0.05) is 18.7 Å². The molecule has 2 rings (SSSR count). The van der Waals surface area contributed by atoms with E-state index < -0.39 is 12.1 Å². The van der Waals surface area contributed by atoms with Gasteiger partial charge in [-0.25, -0.2) is 0 Å². The number of hydrogen-bond donors (Lipinski definition) is 2. The normalized spacial score (nSPS) is 18.2. The summed E-state index contributed by atoms with van der Waals surface area (Å²) < 4.78 is 4.93. The van der Waals surface area contributed by atoms with Gasteiger partial charge in [-0.2, -0.15) is 0 Å². The van der Waals surface area contributed by atoms with Gasteiger partial charge in [0.2, 0.25) is 11.8 Å². The largest absolute Gasteiger partial charge is 0.383 e. The number of ether oxygens (including phenoxy) is 1. The standard InChI is InChI=1S/C16H21Cl2N3O3.ClH/c1-24-9-12(19)16(23)21-7-3-2-4-14(21)15(22)20-13-6-5-10(17)8-11(13)18;/h5-6,8,12,14H,2-4,7,9,19H2,1H3,(H,20,22);1H. The first-order valence-electron chi connectivity index (χ1n) is 7.75. The van der Waals surface area contributed by atoms with Crippen molar-refractivity contribution in [3.8, 4) is 0 Å². The molecule has 1 aliphatic heterocycles. The maximum atomic E-state index is 12.6. The smallest absolute Gasteiger partial charge is 0.247 e. The number of methoxy groups -OCH3 is 1. The molecule has 140 valence electrons. The molecule has 1 aliphatic rings. The fourth-order valence-electron chi connectivity index (χ4n) is 2.74. The SMILES string of the molecule is COCC(N)C(=O)N1CCCCC1C(=O)Nc1ccc(Cl)cc1Cl.Cl. The third-order valence-electron chi connectivity index (χ3n) is 3.94. The Morgan fingerprint density at radius 2 is 2.12 bits per heavy atom. The highest BCUT2D eigenvalue weighted by Crippen LogP contribution is 2.27. The van der Waals surface area contributed by atoms with Crippen molar-refractivity contribution < 1.29 is 14.3 Å². The van der Waals surface area contributed by atoms with Crippen LogP contribution in [-0.4, -0.2) is 49.1 Å². The van der Waals surface area contributed by atoms with E-state index in [1.54, 1.807) is 18.2 Å². The maximum Gasteiger partial charge on any atom is 0.247 e. The van der Waals surface area contributed by atoms with Crippen molar-refractivity contribution in [2.75, 3.05) is 25.6 Å². The van der Waals surface area contributed by atoms with Crippen molar-refractivity contribution in [3.63, 3.8) is 0 Å². The number of rotatable bonds is 5. The molecule has 2 atom stereocenters. The summed E-state index contributed by atoms with van der Waals surface area (Å²) in [6.07, 6.45) is 2.30. The number of likely N-dealkylation sites (tertiary alicyclic amines) is 1. The molecule has 0 bridgehead atoms. The first kappa shape index (κ1) is 22.0. The lowest BCUT2D eigenvalue weighted by Gasteiger charge is -2.36. The number of hydrogen-bond acceptors (Lipinski definition) is 4. The minimum atomic E-state index is -0.775. The number of anilines is 1. The molecule has 2 amide bonds. The zero-order chi connectivity index (χ0) is 17.7. The lowest BCUT2D eigenvalue weighted by molar-refractivity contribution is -0.142. The summed E-state index contributed by atoms with van der Waals surface area (Å²) in [4.78, 5) is 26.6. The molecule has 25 heavy (non-hydrogen) atoms.